The molecule has 4 heteroatoms. The van der Waals surface area contributed by atoms with Gasteiger partial charge in [0.15, 0.2) is 0 Å². The number of aryl methyl sites for hydroxylation is 2. The number of pyridine rings is 2. The van der Waals surface area contributed by atoms with Crippen LogP contribution in [0.2, 0.25) is 0 Å². The standard InChI is InChI=1S/C26H22N4/c1-17-15-25(29-23-9-5-3-7-21(17)23)27-19-11-13-20(14-12-19)28-26-16-18(2)22-8-4-6-10-24(22)30-26/h3-16H,1-2H3,(H,27,29)(H,28,30). The fourth-order valence-electron chi connectivity index (χ4n) is 3.76. The van der Waals surface area contributed by atoms with Crippen molar-refractivity contribution in [1.29, 1.82) is 0 Å². The SMILES string of the molecule is Cc1cc(Nc2ccc(Nc3cc(C)c4ccccc4n3)cc2)nc2ccccc12. The van der Waals surface area contributed by atoms with Crippen LogP contribution in [0, 0.1) is 13.8 Å². The summed E-state index contributed by atoms with van der Waals surface area (Å²) in [6.07, 6.45) is 0. The molecule has 0 aliphatic carbocycles. The molecule has 0 aliphatic rings. The van der Waals surface area contributed by atoms with Gasteiger partial charge in [0.1, 0.15) is 11.6 Å². The highest BCUT2D eigenvalue weighted by atomic mass is 15.0. The topological polar surface area (TPSA) is 49.8 Å². The van der Waals surface area contributed by atoms with Crippen LogP contribution < -0.4 is 10.6 Å². The fourth-order valence-corrected chi connectivity index (χ4v) is 3.76. The maximum Gasteiger partial charge on any atom is 0.131 e. The van der Waals surface area contributed by atoms with E-state index in [1.807, 2.05) is 60.7 Å². The predicted molar refractivity (Wildman–Crippen MR) is 126 cm³/mol. The summed E-state index contributed by atoms with van der Waals surface area (Å²) in [5, 5.41) is 9.18. The molecular weight excluding hydrogens is 368 g/mol. The van der Waals surface area contributed by atoms with E-state index >= 15 is 0 Å². The van der Waals surface area contributed by atoms with Crippen molar-refractivity contribution in [3.8, 4) is 0 Å². The molecule has 0 aliphatic heterocycles. The maximum absolute atomic E-state index is 4.72. The normalized spacial score (nSPS) is 11.0. The highest BCUT2D eigenvalue weighted by molar-refractivity contribution is 5.85. The van der Waals surface area contributed by atoms with Crippen LogP contribution in [0.15, 0.2) is 84.9 Å². The quantitative estimate of drug-likeness (QED) is 0.351. The second-order valence-electron chi connectivity index (χ2n) is 7.51. The Bertz CT molecular complexity index is 1250. The Kier molecular flexibility index (Phi) is 4.52. The molecule has 2 aromatic heterocycles. The lowest BCUT2D eigenvalue weighted by molar-refractivity contribution is 1.33. The van der Waals surface area contributed by atoms with E-state index in [9.17, 15) is 0 Å². The summed E-state index contributed by atoms with van der Waals surface area (Å²) in [7, 11) is 0. The van der Waals surface area contributed by atoms with Gasteiger partial charge in [0.2, 0.25) is 0 Å². The molecule has 3 aromatic carbocycles. The molecule has 0 saturated heterocycles. The zero-order valence-corrected chi connectivity index (χ0v) is 17.0. The molecule has 5 rings (SSSR count). The van der Waals surface area contributed by atoms with Crippen molar-refractivity contribution >= 4 is 44.8 Å². The van der Waals surface area contributed by atoms with Gasteiger partial charge in [0.25, 0.3) is 0 Å². The molecule has 0 unspecified atom stereocenters. The van der Waals surface area contributed by atoms with Crippen molar-refractivity contribution in [3.05, 3.63) is 96.1 Å². The molecule has 0 fully saturated rings. The summed E-state index contributed by atoms with van der Waals surface area (Å²) >= 11 is 0. The first-order valence-corrected chi connectivity index (χ1v) is 10.0. The lowest BCUT2D eigenvalue weighted by atomic mass is 10.1. The number of rotatable bonds is 4. The van der Waals surface area contributed by atoms with Crippen molar-refractivity contribution < 1.29 is 0 Å². The van der Waals surface area contributed by atoms with Gasteiger partial charge in [-0.1, -0.05) is 36.4 Å². The minimum absolute atomic E-state index is 0.846. The monoisotopic (exact) mass is 390 g/mol. The van der Waals surface area contributed by atoms with E-state index in [4.69, 9.17) is 9.97 Å². The van der Waals surface area contributed by atoms with E-state index in [1.165, 1.54) is 21.9 Å². The van der Waals surface area contributed by atoms with Gasteiger partial charge in [-0.15, -0.1) is 0 Å². The van der Waals surface area contributed by atoms with Gasteiger partial charge in [-0.3, -0.25) is 0 Å². The number of hydrogen-bond acceptors (Lipinski definition) is 4. The van der Waals surface area contributed by atoms with Crippen LogP contribution in [0.4, 0.5) is 23.0 Å². The number of aromatic nitrogens is 2. The first kappa shape index (κ1) is 18.1. The van der Waals surface area contributed by atoms with E-state index < -0.39 is 0 Å². The van der Waals surface area contributed by atoms with Crippen LogP contribution in [0.5, 0.6) is 0 Å². The number of para-hydroxylation sites is 2. The van der Waals surface area contributed by atoms with Gasteiger partial charge in [-0.05, 0) is 73.5 Å². The molecule has 0 atom stereocenters. The van der Waals surface area contributed by atoms with Crippen LogP contribution in [0.3, 0.4) is 0 Å². The fraction of sp³-hybridized carbons (Fsp3) is 0.0769. The van der Waals surface area contributed by atoms with E-state index in [0.717, 1.165) is 34.0 Å². The van der Waals surface area contributed by atoms with Crippen LogP contribution in [-0.4, -0.2) is 9.97 Å². The summed E-state index contributed by atoms with van der Waals surface area (Å²) in [5.74, 6) is 1.69. The summed E-state index contributed by atoms with van der Waals surface area (Å²) in [6.45, 7) is 4.22. The van der Waals surface area contributed by atoms with Gasteiger partial charge in [0.05, 0.1) is 11.0 Å². The molecule has 0 saturated carbocycles. The van der Waals surface area contributed by atoms with Crippen LogP contribution in [-0.2, 0) is 0 Å². The Morgan fingerprint density at radius 3 is 1.37 bits per heavy atom. The molecule has 30 heavy (non-hydrogen) atoms. The van der Waals surface area contributed by atoms with Crippen LogP contribution in [0.1, 0.15) is 11.1 Å². The number of fused-ring (bicyclic) bond motifs is 2. The minimum Gasteiger partial charge on any atom is -0.340 e. The summed E-state index contributed by atoms with van der Waals surface area (Å²) in [6, 6.07) is 28.7. The van der Waals surface area contributed by atoms with Crippen molar-refractivity contribution in [3.63, 3.8) is 0 Å². The molecule has 4 nitrogen and oxygen atoms in total. The van der Waals surface area contributed by atoms with Crippen LogP contribution in [0.25, 0.3) is 21.8 Å². The lowest BCUT2D eigenvalue weighted by Gasteiger charge is -2.11. The third-order valence-electron chi connectivity index (χ3n) is 5.28. The lowest BCUT2D eigenvalue weighted by Crippen LogP contribution is -1.97. The Morgan fingerprint density at radius 1 is 0.533 bits per heavy atom. The smallest absolute Gasteiger partial charge is 0.131 e. The second-order valence-corrected chi connectivity index (χ2v) is 7.51. The molecule has 5 aromatic rings. The third kappa shape index (κ3) is 3.55. The molecule has 0 spiro atoms. The molecule has 2 heterocycles. The summed E-state index contributed by atoms with van der Waals surface area (Å²) in [4.78, 5) is 9.45. The van der Waals surface area contributed by atoms with Gasteiger partial charge in [-0.2, -0.15) is 0 Å². The van der Waals surface area contributed by atoms with Gasteiger partial charge >= 0.3 is 0 Å². The highest BCUT2D eigenvalue weighted by Gasteiger charge is 2.05. The molecule has 0 radical (unpaired) electrons. The van der Waals surface area contributed by atoms with E-state index in [-0.39, 0.29) is 0 Å². The zero-order chi connectivity index (χ0) is 20.5. The summed E-state index contributed by atoms with van der Waals surface area (Å²) < 4.78 is 0. The maximum atomic E-state index is 4.72. The minimum atomic E-state index is 0.846. The number of nitrogens with one attached hydrogen (secondary N) is 2. The van der Waals surface area contributed by atoms with E-state index in [2.05, 4.69) is 48.7 Å². The molecule has 2 N–H and O–H groups in total. The zero-order valence-electron chi connectivity index (χ0n) is 17.0. The molecule has 0 amide bonds. The van der Waals surface area contributed by atoms with Crippen molar-refractivity contribution in [2.75, 3.05) is 10.6 Å². The molecule has 146 valence electrons. The number of hydrogen-bond donors (Lipinski definition) is 2. The average Bonchev–Trinajstić information content (AvgIpc) is 2.75. The Morgan fingerprint density at radius 2 is 0.933 bits per heavy atom. The third-order valence-corrected chi connectivity index (χ3v) is 5.28. The van der Waals surface area contributed by atoms with Crippen LogP contribution >= 0.6 is 0 Å². The Labute approximate surface area is 175 Å². The first-order valence-electron chi connectivity index (χ1n) is 10.0. The van der Waals surface area contributed by atoms with Crippen molar-refractivity contribution in [2.45, 2.75) is 13.8 Å². The molecule has 0 bridgehead atoms. The van der Waals surface area contributed by atoms with Gasteiger partial charge < -0.3 is 10.6 Å². The Balaban J connectivity index is 1.36. The average molecular weight is 390 g/mol. The van der Waals surface area contributed by atoms with E-state index in [0.29, 0.717) is 0 Å². The van der Waals surface area contributed by atoms with Gasteiger partial charge in [-0.25, -0.2) is 9.97 Å². The summed E-state index contributed by atoms with van der Waals surface area (Å²) in [5.41, 5.74) is 6.39. The predicted octanol–water partition coefficient (Wildman–Crippen LogP) is 6.89. The van der Waals surface area contributed by atoms with Gasteiger partial charge in [0, 0.05) is 22.1 Å². The number of anilines is 4. The molecular formula is C26H22N4. The number of nitrogens with zero attached hydrogens (tertiary/aromatic N) is 2. The van der Waals surface area contributed by atoms with Crippen molar-refractivity contribution in [1.82, 2.24) is 9.97 Å². The van der Waals surface area contributed by atoms with Crippen molar-refractivity contribution in [2.24, 2.45) is 0 Å². The second kappa shape index (κ2) is 7.48. The van der Waals surface area contributed by atoms with E-state index in [1.54, 1.807) is 0 Å². The Hall–Kier alpha value is -3.92. The largest absolute Gasteiger partial charge is 0.340 e. The first-order chi connectivity index (χ1) is 14.7. The highest BCUT2D eigenvalue weighted by Crippen LogP contribution is 2.25. The number of benzene rings is 3.